The van der Waals surface area contributed by atoms with Gasteiger partial charge in [-0.25, -0.2) is 23.1 Å². The summed E-state index contributed by atoms with van der Waals surface area (Å²) in [5.41, 5.74) is 1.07. The molecule has 0 spiro atoms. The molecular formula is C22H24N4O5S. The first-order valence-corrected chi connectivity index (χ1v) is 11.3. The van der Waals surface area contributed by atoms with E-state index in [1.807, 2.05) is 6.92 Å². The van der Waals surface area contributed by atoms with Gasteiger partial charge in [0.2, 0.25) is 5.95 Å². The Morgan fingerprint density at radius 3 is 2.47 bits per heavy atom. The first kappa shape index (κ1) is 23.0. The van der Waals surface area contributed by atoms with Crippen molar-refractivity contribution in [2.24, 2.45) is 0 Å². The summed E-state index contributed by atoms with van der Waals surface area (Å²) in [6, 6.07) is 14.4. The second kappa shape index (κ2) is 10.1. The molecule has 2 aromatic carbocycles. The van der Waals surface area contributed by atoms with Crippen molar-refractivity contribution in [1.29, 1.82) is 0 Å². The van der Waals surface area contributed by atoms with Crippen LogP contribution >= 0.6 is 0 Å². The largest absolute Gasteiger partial charge is 0.497 e. The number of ether oxygens (including phenoxy) is 2. The fraction of sp³-hybridized carbons (Fsp3) is 0.227. The van der Waals surface area contributed by atoms with Crippen molar-refractivity contribution in [3.8, 4) is 11.5 Å². The van der Waals surface area contributed by atoms with E-state index in [-0.39, 0.29) is 16.8 Å². The van der Waals surface area contributed by atoms with Gasteiger partial charge in [0.05, 0.1) is 12.0 Å². The van der Waals surface area contributed by atoms with Gasteiger partial charge >= 0.3 is 0 Å². The molecule has 0 saturated carbocycles. The lowest BCUT2D eigenvalue weighted by atomic mass is 10.2. The molecule has 0 saturated heterocycles. The summed E-state index contributed by atoms with van der Waals surface area (Å²) in [6.07, 6.45) is 1.18. The minimum absolute atomic E-state index is 0.0112. The number of hydrogen-bond donors (Lipinski definition) is 2. The predicted molar refractivity (Wildman–Crippen MR) is 120 cm³/mol. The maximum atomic E-state index is 12.6. The summed E-state index contributed by atoms with van der Waals surface area (Å²) in [7, 11) is -2.32. The summed E-state index contributed by atoms with van der Waals surface area (Å²) in [5, 5.41) is 2.74. The Bertz CT molecular complexity index is 1180. The number of hydrogen-bond acceptors (Lipinski definition) is 7. The number of rotatable bonds is 9. The van der Waals surface area contributed by atoms with Crippen molar-refractivity contribution in [1.82, 2.24) is 9.97 Å². The van der Waals surface area contributed by atoms with Crippen LogP contribution in [0.15, 0.2) is 65.7 Å². The van der Waals surface area contributed by atoms with Gasteiger partial charge in [-0.2, -0.15) is 0 Å². The molecule has 10 heteroatoms. The van der Waals surface area contributed by atoms with Crippen molar-refractivity contribution in [2.45, 2.75) is 31.3 Å². The molecule has 3 rings (SSSR count). The van der Waals surface area contributed by atoms with Crippen molar-refractivity contribution in [3.63, 3.8) is 0 Å². The zero-order chi connectivity index (χ0) is 23.1. The highest BCUT2D eigenvalue weighted by atomic mass is 32.2. The number of carbonyl (C=O) groups is 1. The topological polar surface area (TPSA) is 120 Å². The molecule has 0 fully saturated rings. The van der Waals surface area contributed by atoms with Crippen molar-refractivity contribution in [3.05, 3.63) is 66.5 Å². The van der Waals surface area contributed by atoms with E-state index < -0.39 is 16.1 Å². The van der Waals surface area contributed by atoms with E-state index in [0.717, 1.165) is 0 Å². The summed E-state index contributed by atoms with van der Waals surface area (Å²) in [5.74, 6) is 0.775. The van der Waals surface area contributed by atoms with Gasteiger partial charge in [0.1, 0.15) is 11.5 Å². The maximum Gasteiger partial charge on any atom is 0.265 e. The maximum absolute atomic E-state index is 12.6. The number of aromatic nitrogens is 2. The molecule has 0 radical (unpaired) electrons. The fourth-order valence-corrected chi connectivity index (χ4v) is 3.73. The lowest BCUT2D eigenvalue weighted by molar-refractivity contribution is -0.122. The van der Waals surface area contributed by atoms with Crippen LogP contribution in [0.4, 0.5) is 11.6 Å². The number of amides is 1. The fourth-order valence-electron chi connectivity index (χ4n) is 2.78. The van der Waals surface area contributed by atoms with Crippen LogP contribution in [0.1, 0.15) is 19.0 Å². The van der Waals surface area contributed by atoms with Gasteiger partial charge in [0.25, 0.3) is 15.9 Å². The number of nitrogens with zero attached hydrogens (tertiary/aromatic N) is 2. The lowest BCUT2D eigenvalue weighted by Crippen LogP contribution is -2.32. The van der Waals surface area contributed by atoms with Gasteiger partial charge in [-0.05, 0) is 55.8 Å². The third-order valence-corrected chi connectivity index (χ3v) is 5.78. The van der Waals surface area contributed by atoms with Crippen molar-refractivity contribution < 1.29 is 22.7 Å². The third-order valence-electron chi connectivity index (χ3n) is 4.44. The van der Waals surface area contributed by atoms with E-state index in [0.29, 0.717) is 29.3 Å². The minimum Gasteiger partial charge on any atom is -0.497 e. The van der Waals surface area contributed by atoms with Crippen LogP contribution in [-0.4, -0.2) is 37.5 Å². The molecule has 3 aromatic rings. The lowest BCUT2D eigenvalue weighted by Gasteiger charge is -2.18. The average Bonchev–Trinajstić information content (AvgIpc) is 2.77. The first-order chi connectivity index (χ1) is 15.3. The molecule has 2 N–H and O–H groups in total. The molecule has 0 unspecified atom stereocenters. The first-order valence-electron chi connectivity index (χ1n) is 9.85. The standard InChI is InChI=1S/C22H24N4O5S/c1-4-20(31-18-7-5-6-17(14-18)30-3)21(27)25-16-8-10-19(11-9-16)32(28,29)26-22-23-13-12-15(2)24-22/h5-14,20H,4H2,1-3H3,(H,25,27)(H,23,24,26)/t20-/m1/s1. The number of aryl methyl sites for hydroxylation is 1. The van der Waals surface area contributed by atoms with Gasteiger partial charge in [-0.1, -0.05) is 13.0 Å². The summed E-state index contributed by atoms with van der Waals surface area (Å²) < 4.78 is 38.4. The summed E-state index contributed by atoms with van der Waals surface area (Å²) in [6.45, 7) is 3.57. The molecule has 0 aliphatic rings. The molecule has 0 aliphatic heterocycles. The smallest absolute Gasteiger partial charge is 0.265 e. The van der Waals surface area contributed by atoms with E-state index in [2.05, 4.69) is 20.0 Å². The second-order valence-corrected chi connectivity index (χ2v) is 8.52. The Hall–Kier alpha value is -3.66. The molecule has 32 heavy (non-hydrogen) atoms. The number of anilines is 2. The number of methoxy groups -OCH3 is 1. The van der Waals surface area contributed by atoms with E-state index >= 15 is 0 Å². The number of carbonyl (C=O) groups excluding carboxylic acids is 1. The van der Waals surface area contributed by atoms with Crippen LogP contribution < -0.4 is 19.5 Å². The summed E-state index contributed by atoms with van der Waals surface area (Å²) >= 11 is 0. The Morgan fingerprint density at radius 2 is 1.81 bits per heavy atom. The van der Waals surface area contributed by atoms with Crippen LogP contribution in [0.3, 0.4) is 0 Å². The highest BCUT2D eigenvalue weighted by Crippen LogP contribution is 2.22. The van der Waals surface area contributed by atoms with E-state index in [4.69, 9.17) is 9.47 Å². The van der Waals surface area contributed by atoms with Crippen molar-refractivity contribution in [2.75, 3.05) is 17.1 Å². The summed E-state index contributed by atoms with van der Waals surface area (Å²) in [4.78, 5) is 20.6. The normalized spacial score (nSPS) is 12.0. The van der Waals surface area contributed by atoms with E-state index in [1.54, 1.807) is 44.4 Å². The van der Waals surface area contributed by atoms with Crippen LogP contribution in [0.25, 0.3) is 0 Å². The zero-order valence-corrected chi connectivity index (χ0v) is 18.7. The Kier molecular flexibility index (Phi) is 7.26. The highest BCUT2D eigenvalue weighted by molar-refractivity contribution is 7.92. The van der Waals surface area contributed by atoms with E-state index in [1.165, 1.54) is 30.5 Å². The highest BCUT2D eigenvalue weighted by Gasteiger charge is 2.20. The Morgan fingerprint density at radius 1 is 1.09 bits per heavy atom. The van der Waals surface area contributed by atoms with Crippen LogP contribution in [0.2, 0.25) is 0 Å². The molecule has 1 aromatic heterocycles. The number of sulfonamides is 1. The van der Waals surface area contributed by atoms with Gasteiger partial charge in [0, 0.05) is 23.6 Å². The number of benzene rings is 2. The van der Waals surface area contributed by atoms with Gasteiger partial charge in [-0.15, -0.1) is 0 Å². The van der Waals surface area contributed by atoms with Crippen LogP contribution in [-0.2, 0) is 14.8 Å². The molecule has 0 bridgehead atoms. The van der Waals surface area contributed by atoms with E-state index in [9.17, 15) is 13.2 Å². The second-order valence-electron chi connectivity index (χ2n) is 6.83. The molecular weight excluding hydrogens is 432 g/mol. The van der Waals surface area contributed by atoms with Crippen molar-refractivity contribution >= 4 is 27.6 Å². The molecule has 1 heterocycles. The average molecular weight is 457 g/mol. The Labute approximate surface area is 186 Å². The predicted octanol–water partition coefficient (Wildman–Crippen LogP) is 3.39. The molecule has 1 atom stereocenters. The van der Waals surface area contributed by atoms with Crippen LogP contribution in [0, 0.1) is 6.92 Å². The van der Waals surface area contributed by atoms with Crippen LogP contribution in [0.5, 0.6) is 11.5 Å². The third kappa shape index (κ3) is 5.94. The number of nitrogens with one attached hydrogen (secondary N) is 2. The minimum atomic E-state index is -3.87. The SMILES string of the molecule is CC[C@@H](Oc1cccc(OC)c1)C(=O)Nc1ccc(S(=O)(=O)Nc2nccc(C)n2)cc1. The molecule has 168 valence electrons. The van der Waals surface area contributed by atoms with Gasteiger partial charge in [0.15, 0.2) is 6.10 Å². The Balaban J connectivity index is 1.66. The molecule has 9 nitrogen and oxygen atoms in total. The quantitative estimate of drug-likeness (QED) is 0.506. The van der Waals surface area contributed by atoms with Gasteiger partial charge < -0.3 is 14.8 Å². The molecule has 0 aliphatic carbocycles. The monoisotopic (exact) mass is 456 g/mol. The molecule has 1 amide bonds. The zero-order valence-electron chi connectivity index (χ0n) is 17.9. The van der Waals surface area contributed by atoms with Gasteiger partial charge in [-0.3, -0.25) is 4.79 Å².